The van der Waals surface area contributed by atoms with E-state index in [0.717, 1.165) is 17.0 Å². The maximum Gasteiger partial charge on any atom is 0.294 e. The number of aryl methyl sites for hydroxylation is 1. The smallest absolute Gasteiger partial charge is 0.294 e. The molecule has 0 saturated heterocycles. The Morgan fingerprint density at radius 3 is 2.72 bits per heavy atom. The van der Waals surface area contributed by atoms with E-state index in [2.05, 4.69) is 33.0 Å². The molecular formula is C21H17ClN4OS2. The largest absolute Gasteiger partial charge is 0.323 e. The van der Waals surface area contributed by atoms with Crippen molar-refractivity contribution in [1.82, 2.24) is 19.7 Å². The van der Waals surface area contributed by atoms with Crippen molar-refractivity contribution in [2.45, 2.75) is 19.4 Å². The summed E-state index contributed by atoms with van der Waals surface area (Å²) in [5.74, 6) is 0.741. The lowest BCUT2D eigenvalue weighted by Crippen LogP contribution is -2.40. The van der Waals surface area contributed by atoms with Gasteiger partial charge < -0.3 is 4.90 Å². The van der Waals surface area contributed by atoms with Gasteiger partial charge in [-0.15, -0.1) is 27.8 Å². The fourth-order valence-corrected chi connectivity index (χ4v) is 5.61. The van der Waals surface area contributed by atoms with Crippen LogP contribution in [0.2, 0.25) is 5.02 Å². The van der Waals surface area contributed by atoms with Gasteiger partial charge in [0.15, 0.2) is 0 Å². The predicted molar refractivity (Wildman–Crippen MR) is 116 cm³/mol. The Morgan fingerprint density at radius 1 is 1.14 bits per heavy atom. The maximum absolute atomic E-state index is 13.5. The normalized spacial score (nSPS) is 16.1. The molecule has 4 heterocycles. The lowest BCUT2D eigenvalue weighted by atomic mass is 9.98. The molecule has 1 aliphatic heterocycles. The van der Waals surface area contributed by atoms with Gasteiger partial charge in [0, 0.05) is 21.3 Å². The van der Waals surface area contributed by atoms with E-state index in [0.29, 0.717) is 17.4 Å². The molecule has 0 bridgehead atoms. The highest BCUT2D eigenvalue weighted by Gasteiger charge is 2.35. The van der Waals surface area contributed by atoms with Crippen molar-refractivity contribution in [3.8, 4) is 5.69 Å². The van der Waals surface area contributed by atoms with Crippen LogP contribution in [0.4, 0.5) is 0 Å². The number of hydrogen-bond donors (Lipinski definition) is 0. The van der Waals surface area contributed by atoms with Crippen molar-refractivity contribution >= 4 is 40.2 Å². The van der Waals surface area contributed by atoms with Gasteiger partial charge in [-0.3, -0.25) is 4.79 Å². The van der Waals surface area contributed by atoms with Crippen LogP contribution >= 0.6 is 34.3 Å². The molecule has 8 heteroatoms. The van der Waals surface area contributed by atoms with Crippen LogP contribution in [0.5, 0.6) is 0 Å². The summed E-state index contributed by atoms with van der Waals surface area (Å²) in [6.45, 7) is 2.51. The zero-order valence-corrected chi connectivity index (χ0v) is 18.0. The number of hydrogen-bond acceptors (Lipinski definition) is 5. The number of carbonyl (C=O) groups is 1. The molecule has 0 N–H and O–H groups in total. The number of benzene rings is 1. The van der Waals surface area contributed by atoms with Gasteiger partial charge in [-0.25, -0.2) is 9.67 Å². The standard InChI is InChI=1S/C21H17ClN4OS2/c1-13-23-20(24-26(13)15-6-4-14(22)5-7-15)21(27)25-10-8-17-16(9-12-29-17)19(25)18-3-2-11-28-18/h2-7,9,11-12,19H,8,10H2,1H3/t19-/m1/s1. The molecule has 1 atom stereocenters. The summed E-state index contributed by atoms with van der Waals surface area (Å²) in [5, 5.41) is 9.34. The van der Waals surface area contributed by atoms with E-state index in [1.165, 1.54) is 10.4 Å². The molecule has 0 unspecified atom stereocenters. The van der Waals surface area contributed by atoms with E-state index in [-0.39, 0.29) is 17.8 Å². The van der Waals surface area contributed by atoms with Crippen LogP contribution in [0.3, 0.4) is 0 Å². The first kappa shape index (κ1) is 18.5. The monoisotopic (exact) mass is 440 g/mol. The fraction of sp³-hybridized carbons (Fsp3) is 0.190. The highest BCUT2D eigenvalue weighted by Crippen LogP contribution is 2.39. The molecule has 1 amide bonds. The van der Waals surface area contributed by atoms with Crippen molar-refractivity contribution < 1.29 is 4.79 Å². The number of amides is 1. The SMILES string of the molecule is Cc1nc(C(=O)N2CCc3sccc3[C@@H]2c2cccs2)nn1-c1ccc(Cl)cc1. The first-order valence-electron chi connectivity index (χ1n) is 9.22. The van der Waals surface area contributed by atoms with Crippen LogP contribution in [0.15, 0.2) is 53.2 Å². The van der Waals surface area contributed by atoms with Gasteiger partial charge in [0.25, 0.3) is 5.91 Å². The highest BCUT2D eigenvalue weighted by atomic mass is 35.5. The van der Waals surface area contributed by atoms with Gasteiger partial charge in [-0.2, -0.15) is 0 Å². The zero-order chi connectivity index (χ0) is 20.0. The topological polar surface area (TPSA) is 51.0 Å². The van der Waals surface area contributed by atoms with Crippen molar-refractivity contribution in [2.75, 3.05) is 6.54 Å². The first-order chi connectivity index (χ1) is 14.1. The number of nitrogens with zero attached hydrogens (tertiary/aromatic N) is 4. The Hall–Kier alpha value is -2.48. The summed E-state index contributed by atoms with van der Waals surface area (Å²) in [4.78, 5) is 22.4. The number of halogens is 1. The number of aromatic nitrogens is 3. The molecule has 146 valence electrons. The fourth-order valence-electron chi connectivity index (χ4n) is 3.72. The zero-order valence-electron chi connectivity index (χ0n) is 15.6. The lowest BCUT2D eigenvalue weighted by molar-refractivity contribution is 0.0686. The van der Waals surface area contributed by atoms with Crippen LogP contribution in [0.1, 0.15) is 37.8 Å². The second-order valence-electron chi connectivity index (χ2n) is 6.84. The Balaban J connectivity index is 1.52. The molecule has 1 aromatic carbocycles. The highest BCUT2D eigenvalue weighted by molar-refractivity contribution is 7.10. The Kier molecular flexibility index (Phi) is 4.73. The van der Waals surface area contributed by atoms with Crippen molar-refractivity contribution in [1.29, 1.82) is 0 Å². The second kappa shape index (κ2) is 7.40. The molecule has 4 aromatic rings. The van der Waals surface area contributed by atoms with Gasteiger partial charge in [0.05, 0.1) is 11.7 Å². The van der Waals surface area contributed by atoms with Crippen LogP contribution in [-0.4, -0.2) is 32.1 Å². The van der Waals surface area contributed by atoms with Crippen molar-refractivity contribution in [3.63, 3.8) is 0 Å². The van der Waals surface area contributed by atoms with Crippen molar-refractivity contribution in [2.24, 2.45) is 0 Å². The van der Waals surface area contributed by atoms with Crippen LogP contribution in [-0.2, 0) is 6.42 Å². The van der Waals surface area contributed by atoms with Gasteiger partial charge in [0.2, 0.25) is 5.82 Å². The second-order valence-corrected chi connectivity index (χ2v) is 9.25. The minimum absolute atomic E-state index is 0.0831. The third kappa shape index (κ3) is 3.29. The quantitative estimate of drug-likeness (QED) is 0.443. The third-order valence-electron chi connectivity index (χ3n) is 5.07. The van der Waals surface area contributed by atoms with E-state index >= 15 is 0 Å². The van der Waals surface area contributed by atoms with Crippen molar-refractivity contribution in [3.05, 3.63) is 85.2 Å². The average Bonchev–Trinajstić information content (AvgIpc) is 3.48. The van der Waals surface area contributed by atoms with Crippen LogP contribution < -0.4 is 0 Å². The predicted octanol–water partition coefficient (Wildman–Crippen LogP) is 5.14. The number of fused-ring (bicyclic) bond motifs is 1. The molecule has 1 aliphatic rings. The minimum Gasteiger partial charge on any atom is -0.323 e. The summed E-state index contributed by atoms with van der Waals surface area (Å²) in [5.41, 5.74) is 2.04. The average molecular weight is 441 g/mol. The molecule has 0 aliphatic carbocycles. The maximum atomic E-state index is 13.5. The van der Waals surface area contributed by atoms with Gasteiger partial charge in [0.1, 0.15) is 5.82 Å². The number of carbonyl (C=O) groups excluding carboxylic acids is 1. The molecular weight excluding hydrogens is 424 g/mol. The van der Waals surface area contributed by atoms with Gasteiger partial charge in [-0.1, -0.05) is 17.7 Å². The molecule has 0 saturated carbocycles. The number of rotatable bonds is 3. The summed E-state index contributed by atoms with van der Waals surface area (Å²) in [6, 6.07) is 13.5. The van der Waals surface area contributed by atoms with E-state index < -0.39 is 0 Å². The molecule has 0 radical (unpaired) electrons. The first-order valence-corrected chi connectivity index (χ1v) is 11.4. The number of thiophene rings is 2. The molecule has 5 nitrogen and oxygen atoms in total. The van der Waals surface area contributed by atoms with E-state index in [4.69, 9.17) is 11.6 Å². The molecule has 0 fully saturated rings. The van der Waals surface area contributed by atoms with Gasteiger partial charge in [-0.05, 0) is 66.1 Å². The molecule has 0 spiro atoms. The lowest BCUT2D eigenvalue weighted by Gasteiger charge is -2.34. The Morgan fingerprint density at radius 2 is 1.97 bits per heavy atom. The van der Waals surface area contributed by atoms with Gasteiger partial charge >= 0.3 is 0 Å². The molecule has 3 aromatic heterocycles. The summed E-state index contributed by atoms with van der Waals surface area (Å²) in [6.07, 6.45) is 0.859. The summed E-state index contributed by atoms with van der Waals surface area (Å²) < 4.78 is 1.68. The third-order valence-corrected chi connectivity index (χ3v) is 7.24. The summed E-state index contributed by atoms with van der Waals surface area (Å²) >= 11 is 9.42. The van der Waals surface area contributed by atoms with Crippen LogP contribution in [0.25, 0.3) is 5.69 Å². The van der Waals surface area contributed by atoms with E-state index in [1.54, 1.807) is 39.5 Å². The molecule has 29 heavy (non-hydrogen) atoms. The Bertz CT molecular complexity index is 1160. The van der Waals surface area contributed by atoms with Crippen LogP contribution in [0, 0.1) is 6.92 Å². The molecule has 5 rings (SSSR count). The summed E-state index contributed by atoms with van der Waals surface area (Å²) in [7, 11) is 0. The van der Waals surface area contributed by atoms with E-state index in [9.17, 15) is 4.79 Å². The van der Waals surface area contributed by atoms with E-state index in [1.807, 2.05) is 30.0 Å². The minimum atomic E-state index is -0.143. The Labute approximate surface area is 181 Å².